The van der Waals surface area contributed by atoms with Crippen LogP contribution in [0.15, 0.2) is 53.7 Å². The summed E-state index contributed by atoms with van der Waals surface area (Å²) in [4.78, 5) is 39.3. The Morgan fingerprint density at radius 1 is 1.00 bits per heavy atom. The molecule has 2 aromatic carbocycles. The summed E-state index contributed by atoms with van der Waals surface area (Å²) in [6.07, 6.45) is 0. The fraction of sp³-hybridized carbons (Fsp3) is 0.261. The van der Waals surface area contributed by atoms with Gasteiger partial charge in [-0.2, -0.15) is 0 Å². The number of benzene rings is 2. The molecule has 0 bridgehead atoms. The SMILES string of the molecule is COC(=O)C1=C(C(=O)OC)N(c2ccccc2C(=O)Nc2ccc(C)cc2C)COC1. The molecule has 0 aromatic heterocycles. The van der Waals surface area contributed by atoms with Crippen LogP contribution in [-0.4, -0.2) is 45.4 Å². The zero-order chi connectivity index (χ0) is 22.5. The number of carbonyl (C=O) groups is 3. The molecule has 162 valence electrons. The summed E-state index contributed by atoms with van der Waals surface area (Å²) in [6.45, 7) is 3.74. The first kappa shape index (κ1) is 22.0. The van der Waals surface area contributed by atoms with Crippen LogP contribution in [-0.2, 0) is 23.8 Å². The fourth-order valence-electron chi connectivity index (χ4n) is 3.38. The Balaban J connectivity index is 2.04. The summed E-state index contributed by atoms with van der Waals surface area (Å²) in [5.41, 5.74) is 3.39. The molecule has 31 heavy (non-hydrogen) atoms. The molecule has 1 heterocycles. The van der Waals surface area contributed by atoms with Crippen LogP contribution in [0.1, 0.15) is 21.5 Å². The van der Waals surface area contributed by atoms with Gasteiger partial charge in [0.15, 0.2) is 0 Å². The van der Waals surface area contributed by atoms with Gasteiger partial charge in [-0.3, -0.25) is 4.79 Å². The first-order chi connectivity index (χ1) is 14.9. The Hall–Kier alpha value is -3.65. The quantitative estimate of drug-likeness (QED) is 0.738. The van der Waals surface area contributed by atoms with E-state index in [0.29, 0.717) is 16.9 Å². The van der Waals surface area contributed by atoms with Gasteiger partial charge in [0.05, 0.1) is 37.7 Å². The zero-order valence-corrected chi connectivity index (χ0v) is 17.9. The lowest BCUT2D eigenvalue weighted by atomic mass is 10.1. The maximum Gasteiger partial charge on any atom is 0.355 e. The van der Waals surface area contributed by atoms with Crippen molar-refractivity contribution in [1.29, 1.82) is 0 Å². The van der Waals surface area contributed by atoms with Crippen molar-refractivity contribution in [2.45, 2.75) is 13.8 Å². The van der Waals surface area contributed by atoms with Crippen molar-refractivity contribution in [2.75, 3.05) is 37.8 Å². The van der Waals surface area contributed by atoms with E-state index in [1.165, 1.54) is 19.1 Å². The fourth-order valence-corrected chi connectivity index (χ4v) is 3.38. The highest BCUT2D eigenvalue weighted by Crippen LogP contribution is 2.30. The van der Waals surface area contributed by atoms with Crippen LogP contribution in [0.2, 0.25) is 0 Å². The Bertz CT molecular complexity index is 1060. The Labute approximate surface area is 180 Å². The summed E-state index contributed by atoms with van der Waals surface area (Å²) >= 11 is 0. The standard InChI is InChI=1S/C23H24N2O6/c1-14-9-10-18(15(2)11-14)24-21(26)16-7-5-6-8-19(16)25-13-31-12-17(22(27)29-3)20(25)23(28)30-4/h5-11H,12-13H2,1-4H3,(H,24,26). The van der Waals surface area contributed by atoms with Gasteiger partial charge in [0.1, 0.15) is 12.4 Å². The Morgan fingerprint density at radius 2 is 1.71 bits per heavy atom. The minimum atomic E-state index is -0.728. The average molecular weight is 424 g/mol. The number of amides is 1. The second kappa shape index (κ2) is 9.44. The van der Waals surface area contributed by atoms with Crippen molar-refractivity contribution in [2.24, 2.45) is 0 Å². The lowest BCUT2D eigenvalue weighted by molar-refractivity contribution is -0.140. The van der Waals surface area contributed by atoms with Crippen molar-refractivity contribution in [1.82, 2.24) is 0 Å². The van der Waals surface area contributed by atoms with Gasteiger partial charge in [0, 0.05) is 5.69 Å². The van der Waals surface area contributed by atoms with E-state index in [9.17, 15) is 14.4 Å². The van der Waals surface area contributed by atoms with Crippen LogP contribution in [0.3, 0.4) is 0 Å². The van der Waals surface area contributed by atoms with Crippen molar-refractivity contribution in [3.8, 4) is 0 Å². The van der Waals surface area contributed by atoms with Gasteiger partial charge in [-0.25, -0.2) is 9.59 Å². The second-order valence-electron chi connectivity index (χ2n) is 7.01. The number of ether oxygens (including phenoxy) is 3. The third-order valence-electron chi connectivity index (χ3n) is 4.90. The molecule has 0 fully saturated rings. The number of nitrogens with zero attached hydrogens (tertiary/aromatic N) is 1. The van der Waals surface area contributed by atoms with Crippen molar-refractivity contribution >= 4 is 29.2 Å². The lowest BCUT2D eigenvalue weighted by Crippen LogP contribution is -2.39. The first-order valence-electron chi connectivity index (χ1n) is 9.60. The van der Waals surface area contributed by atoms with Crippen molar-refractivity contribution in [3.05, 3.63) is 70.4 Å². The normalized spacial score (nSPS) is 13.6. The number of nitrogens with one attached hydrogen (secondary N) is 1. The minimum Gasteiger partial charge on any atom is -0.466 e. The number of carbonyl (C=O) groups excluding carboxylic acids is 3. The molecule has 0 saturated carbocycles. The predicted molar refractivity (Wildman–Crippen MR) is 115 cm³/mol. The van der Waals surface area contributed by atoms with Gasteiger partial charge in [0.2, 0.25) is 0 Å². The third-order valence-corrected chi connectivity index (χ3v) is 4.90. The number of hydrogen-bond donors (Lipinski definition) is 1. The molecule has 2 aromatic rings. The number of rotatable bonds is 5. The Kier molecular flexibility index (Phi) is 6.71. The van der Waals surface area contributed by atoms with Crippen LogP contribution in [0.25, 0.3) is 0 Å². The maximum atomic E-state index is 13.1. The lowest BCUT2D eigenvalue weighted by Gasteiger charge is -2.32. The molecule has 1 N–H and O–H groups in total. The van der Waals surface area contributed by atoms with E-state index in [4.69, 9.17) is 14.2 Å². The molecule has 0 aliphatic carbocycles. The smallest absolute Gasteiger partial charge is 0.355 e. The second-order valence-corrected chi connectivity index (χ2v) is 7.01. The van der Waals surface area contributed by atoms with Crippen molar-refractivity contribution < 1.29 is 28.6 Å². The molecule has 0 spiro atoms. The van der Waals surface area contributed by atoms with E-state index in [-0.39, 0.29) is 30.5 Å². The Morgan fingerprint density at radius 3 is 2.39 bits per heavy atom. The van der Waals surface area contributed by atoms with Crippen LogP contribution in [0.5, 0.6) is 0 Å². The molecule has 0 radical (unpaired) electrons. The van der Waals surface area contributed by atoms with Gasteiger partial charge in [0.25, 0.3) is 5.91 Å². The molecular formula is C23H24N2O6. The topological polar surface area (TPSA) is 94.2 Å². The number of methoxy groups -OCH3 is 2. The number of aryl methyl sites for hydroxylation is 2. The van der Waals surface area contributed by atoms with E-state index in [1.54, 1.807) is 24.3 Å². The number of anilines is 2. The van der Waals surface area contributed by atoms with Crippen LogP contribution < -0.4 is 10.2 Å². The molecule has 1 aliphatic rings. The minimum absolute atomic E-state index is 0.0187. The molecule has 1 aliphatic heterocycles. The highest BCUT2D eigenvalue weighted by atomic mass is 16.5. The van der Waals surface area contributed by atoms with Crippen molar-refractivity contribution in [3.63, 3.8) is 0 Å². The summed E-state index contributed by atoms with van der Waals surface area (Å²) in [6, 6.07) is 12.5. The molecule has 0 saturated heterocycles. The largest absolute Gasteiger partial charge is 0.466 e. The summed E-state index contributed by atoms with van der Waals surface area (Å²) < 4.78 is 15.2. The highest BCUT2D eigenvalue weighted by molar-refractivity contribution is 6.10. The van der Waals surface area contributed by atoms with Gasteiger partial charge in [-0.15, -0.1) is 0 Å². The molecule has 8 nitrogen and oxygen atoms in total. The van der Waals surface area contributed by atoms with Gasteiger partial charge in [-0.05, 0) is 37.6 Å². The van der Waals surface area contributed by atoms with Crippen LogP contribution in [0, 0.1) is 13.8 Å². The summed E-state index contributed by atoms with van der Waals surface area (Å²) in [5, 5.41) is 2.91. The highest BCUT2D eigenvalue weighted by Gasteiger charge is 2.34. The maximum absolute atomic E-state index is 13.1. The van der Waals surface area contributed by atoms with E-state index < -0.39 is 11.9 Å². The van der Waals surface area contributed by atoms with Crippen LogP contribution >= 0.6 is 0 Å². The molecule has 3 rings (SSSR count). The summed E-state index contributed by atoms with van der Waals surface area (Å²) in [5.74, 6) is -1.80. The zero-order valence-electron chi connectivity index (χ0n) is 17.9. The number of para-hydroxylation sites is 1. The van der Waals surface area contributed by atoms with E-state index in [1.807, 2.05) is 32.0 Å². The first-order valence-corrected chi connectivity index (χ1v) is 9.60. The number of esters is 2. The third kappa shape index (κ3) is 4.59. The van der Waals surface area contributed by atoms with Crippen LogP contribution in [0.4, 0.5) is 11.4 Å². The molecule has 8 heteroatoms. The molecular weight excluding hydrogens is 400 g/mol. The average Bonchev–Trinajstić information content (AvgIpc) is 2.79. The molecule has 1 amide bonds. The van der Waals surface area contributed by atoms with Gasteiger partial charge < -0.3 is 24.4 Å². The van der Waals surface area contributed by atoms with E-state index in [0.717, 1.165) is 11.1 Å². The monoisotopic (exact) mass is 424 g/mol. The van der Waals surface area contributed by atoms with E-state index >= 15 is 0 Å². The van der Waals surface area contributed by atoms with E-state index in [2.05, 4.69) is 5.32 Å². The molecule has 0 atom stereocenters. The number of hydrogen-bond acceptors (Lipinski definition) is 7. The van der Waals surface area contributed by atoms with Gasteiger partial charge in [-0.1, -0.05) is 29.8 Å². The molecule has 0 unspecified atom stereocenters. The van der Waals surface area contributed by atoms with Gasteiger partial charge >= 0.3 is 11.9 Å². The summed E-state index contributed by atoms with van der Waals surface area (Å²) in [7, 11) is 2.44. The predicted octanol–water partition coefficient (Wildman–Crippen LogP) is 2.95.